The summed E-state index contributed by atoms with van der Waals surface area (Å²) in [7, 11) is 0. The van der Waals surface area contributed by atoms with Crippen molar-refractivity contribution in [3.05, 3.63) is 29.3 Å². The molecule has 1 saturated heterocycles. The van der Waals surface area contributed by atoms with Crippen LogP contribution in [0, 0.1) is 0 Å². The quantitative estimate of drug-likeness (QED) is 0.657. The fraction of sp³-hybridized carbons (Fsp3) is 0.550. The van der Waals surface area contributed by atoms with Gasteiger partial charge in [-0.2, -0.15) is 0 Å². The zero-order valence-corrected chi connectivity index (χ0v) is 18.7. The third-order valence-corrected chi connectivity index (χ3v) is 7.67. The van der Waals surface area contributed by atoms with E-state index in [2.05, 4.69) is 26.5 Å². The van der Waals surface area contributed by atoms with Crippen molar-refractivity contribution in [1.82, 2.24) is 15.1 Å². The first-order chi connectivity index (χ1) is 14.2. The topological polar surface area (TPSA) is 61.4 Å². The number of nitrogens with one attached hydrogen (secondary N) is 1. The number of hydrogen-bond acceptors (Lipinski definition) is 7. The van der Waals surface area contributed by atoms with Crippen molar-refractivity contribution in [1.29, 1.82) is 0 Å². The number of carbonyl (C=O) groups is 1. The number of amides is 1. The minimum absolute atomic E-state index is 0.165. The molecule has 29 heavy (non-hydrogen) atoms. The summed E-state index contributed by atoms with van der Waals surface area (Å²) in [5, 5.41) is 13.6. The normalized spacial score (nSPS) is 18.1. The summed E-state index contributed by atoms with van der Waals surface area (Å²) < 4.78 is 0.856. The summed E-state index contributed by atoms with van der Waals surface area (Å²) in [5.74, 6) is 0.576. The van der Waals surface area contributed by atoms with Gasteiger partial charge < -0.3 is 15.1 Å². The summed E-state index contributed by atoms with van der Waals surface area (Å²) in [5.41, 5.74) is 1.12. The average Bonchev–Trinajstić information content (AvgIpc) is 3.20. The lowest BCUT2D eigenvalue weighted by Crippen LogP contribution is -2.49. The first-order valence-corrected chi connectivity index (χ1v) is 12.4. The summed E-state index contributed by atoms with van der Waals surface area (Å²) in [6, 6.07) is 8.40. The van der Waals surface area contributed by atoms with Gasteiger partial charge in [0.15, 0.2) is 4.34 Å². The minimum Gasteiger partial charge on any atom is -0.368 e. The van der Waals surface area contributed by atoms with Gasteiger partial charge in [0.05, 0.1) is 5.75 Å². The van der Waals surface area contributed by atoms with Crippen LogP contribution < -0.4 is 10.2 Å². The van der Waals surface area contributed by atoms with Gasteiger partial charge in [0.25, 0.3) is 0 Å². The van der Waals surface area contributed by atoms with Crippen molar-refractivity contribution in [2.45, 2.75) is 42.5 Å². The monoisotopic (exact) mass is 451 g/mol. The molecule has 0 bridgehead atoms. The van der Waals surface area contributed by atoms with Crippen molar-refractivity contribution in [2.75, 3.05) is 42.1 Å². The van der Waals surface area contributed by atoms with Crippen LogP contribution in [0.25, 0.3) is 0 Å². The fourth-order valence-corrected chi connectivity index (χ4v) is 5.77. The summed E-state index contributed by atoms with van der Waals surface area (Å²) in [6.07, 6.45) is 6.34. The second kappa shape index (κ2) is 10.00. The highest BCUT2D eigenvalue weighted by Crippen LogP contribution is 2.29. The lowest BCUT2D eigenvalue weighted by Gasteiger charge is -2.36. The first-order valence-electron chi connectivity index (χ1n) is 10.2. The fourth-order valence-electron chi connectivity index (χ4n) is 3.85. The molecule has 0 unspecified atom stereocenters. The Morgan fingerprint density at radius 2 is 1.97 bits per heavy atom. The average molecular weight is 452 g/mol. The van der Waals surface area contributed by atoms with Crippen LogP contribution in [0.1, 0.15) is 32.1 Å². The number of carbonyl (C=O) groups excluding carboxylic acids is 1. The molecule has 1 aliphatic carbocycles. The van der Waals surface area contributed by atoms with Crippen LogP contribution in [-0.2, 0) is 4.79 Å². The van der Waals surface area contributed by atoms with Gasteiger partial charge in [0.2, 0.25) is 11.0 Å². The molecule has 1 saturated carbocycles. The Kier molecular flexibility index (Phi) is 7.15. The lowest BCUT2D eigenvalue weighted by atomic mass is 9.96. The number of piperazine rings is 1. The Morgan fingerprint density at radius 1 is 1.17 bits per heavy atom. The van der Waals surface area contributed by atoms with Gasteiger partial charge in [0, 0.05) is 42.9 Å². The molecule has 156 valence electrons. The van der Waals surface area contributed by atoms with Crippen molar-refractivity contribution in [3.8, 4) is 0 Å². The predicted molar refractivity (Wildman–Crippen MR) is 121 cm³/mol. The third kappa shape index (κ3) is 5.77. The first kappa shape index (κ1) is 20.8. The van der Waals surface area contributed by atoms with Gasteiger partial charge in [0.1, 0.15) is 0 Å². The van der Waals surface area contributed by atoms with E-state index in [1.165, 1.54) is 43.9 Å². The standard InChI is InChI=1S/C20H26ClN5OS2/c21-15-5-4-8-17(13-15)25-9-11-26(12-10-25)18(27)14-28-20-24-23-19(29-20)22-16-6-2-1-3-7-16/h4-5,8,13,16H,1-3,6-7,9-12,14H2,(H,22,23). The second-order valence-electron chi connectivity index (χ2n) is 7.49. The Balaban J connectivity index is 1.21. The van der Waals surface area contributed by atoms with E-state index in [9.17, 15) is 4.79 Å². The smallest absolute Gasteiger partial charge is 0.233 e. The zero-order valence-electron chi connectivity index (χ0n) is 16.3. The van der Waals surface area contributed by atoms with Gasteiger partial charge >= 0.3 is 0 Å². The third-order valence-electron chi connectivity index (χ3n) is 5.46. The largest absolute Gasteiger partial charge is 0.368 e. The van der Waals surface area contributed by atoms with Crippen LogP contribution in [0.2, 0.25) is 5.02 Å². The molecule has 0 atom stereocenters. The number of anilines is 2. The number of halogens is 1. The number of benzene rings is 1. The SMILES string of the molecule is O=C(CSc1nnc(NC2CCCCC2)s1)N1CCN(c2cccc(Cl)c2)CC1. The molecule has 6 nitrogen and oxygen atoms in total. The number of nitrogens with zero attached hydrogens (tertiary/aromatic N) is 4. The van der Waals surface area contributed by atoms with Crippen LogP contribution in [0.15, 0.2) is 28.6 Å². The minimum atomic E-state index is 0.165. The highest BCUT2D eigenvalue weighted by atomic mass is 35.5. The van der Waals surface area contributed by atoms with Gasteiger partial charge in [-0.25, -0.2) is 0 Å². The molecule has 9 heteroatoms. The Labute approximate surface area is 185 Å². The molecule has 2 fully saturated rings. The molecule has 1 N–H and O–H groups in total. The summed E-state index contributed by atoms with van der Waals surface area (Å²) in [4.78, 5) is 16.8. The molecule has 2 heterocycles. The molecule has 1 amide bonds. The predicted octanol–water partition coefficient (Wildman–Crippen LogP) is 4.38. The van der Waals surface area contributed by atoms with Crippen LogP contribution in [0.5, 0.6) is 0 Å². The van der Waals surface area contributed by atoms with E-state index in [0.717, 1.165) is 46.4 Å². The van der Waals surface area contributed by atoms with E-state index in [4.69, 9.17) is 11.6 Å². The molecular formula is C20H26ClN5OS2. The molecule has 1 aromatic heterocycles. The Morgan fingerprint density at radius 3 is 2.72 bits per heavy atom. The zero-order chi connectivity index (χ0) is 20.1. The molecule has 0 radical (unpaired) electrons. The molecule has 0 spiro atoms. The van der Waals surface area contributed by atoms with E-state index < -0.39 is 0 Å². The Hall–Kier alpha value is -1.51. The van der Waals surface area contributed by atoms with Crippen LogP contribution >= 0.6 is 34.7 Å². The molecular weight excluding hydrogens is 426 g/mol. The van der Waals surface area contributed by atoms with E-state index in [-0.39, 0.29) is 5.91 Å². The molecule has 2 aromatic rings. The highest BCUT2D eigenvalue weighted by molar-refractivity contribution is 8.01. The van der Waals surface area contributed by atoms with E-state index in [0.29, 0.717) is 11.8 Å². The maximum atomic E-state index is 12.6. The van der Waals surface area contributed by atoms with Crippen LogP contribution in [-0.4, -0.2) is 59.0 Å². The van der Waals surface area contributed by atoms with Gasteiger partial charge in [-0.05, 0) is 31.0 Å². The van der Waals surface area contributed by atoms with E-state index in [1.54, 1.807) is 11.3 Å². The summed E-state index contributed by atoms with van der Waals surface area (Å²) >= 11 is 9.13. The molecule has 1 aromatic carbocycles. The van der Waals surface area contributed by atoms with Gasteiger partial charge in [-0.15, -0.1) is 10.2 Å². The number of rotatable bonds is 6. The van der Waals surface area contributed by atoms with Crippen LogP contribution in [0.4, 0.5) is 10.8 Å². The van der Waals surface area contributed by atoms with Gasteiger partial charge in [-0.1, -0.05) is 60.0 Å². The Bertz CT molecular complexity index is 819. The lowest BCUT2D eigenvalue weighted by molar-refractivity contribution is -0.128. The highest BCUT2D eigenvalue weighted by Gasteiger charge is 2.22. The number of thioether (sulfide) groups is 1. The van der Waals surface area contributed by atoms with Crippen molar-refractivity contribution in [2.24, 2.45) is 0 Å². The van der Waals surface area contributed by atoms with Gasteiger partial charge in [-0.3, -0.25) is 4.79 Å². The van der Waals surface area contributed by atoms with Crippen LogP contribution in [0.3, 0.4) is 0 Å². The van der Waals surface area contributed by atoms with E-state index >= 15 is 0 Å². The van der Waals surface area contributed by atoms with Crippen molar-refractivity contribution in [3.63, 3.8) is 0 Å². The molecule has 4 rings (SSSR count). The van der Waals surface area contributed by atoms with E-state index in [1.807, 2.05) is 23.1 Å². The maximum Gasteiger partial charge on any atom is 0.233 e. The molecule has 1 aliphatic heterocycles. The van der Waals surface area contributed by atoms with Crippen molar-refractivity contribution >= 4 is 51.4 Å². The second-order valence-corrected chi connectivity index (χ2v) is 10.1. The van der Waals surface area contributed by atoms with Crippen molar-refractivity contribution < 1.29 is 4.79 Å². The summed E-state index contributed by atoms with van der Waals surface area (Å²) in [6.45, 7) is 3.11. The number of hydrogen-bond donors (Lipinski definition) is 1. The molecule has 2 aliphatic rings. The maximum absolute atomic E-state index is 12.6. The number of aromatic nitrogens is 2.